The van der Waals surface area contributed by atoms with Crippen molar-refractivity contribution in [1.29, 1.82) is 0 Å². The normalized spacial score (nSPS) is 0. The molecule has 0 nitrogen and oxygen atoms in total. The molecule has 0 N–H and O–H groups in total. The second kappa shape index (κ2) is 17.6. The molecule has 4 heteroatoms. The van der Waals surface area contributed by atoms with E-state index in [2.05, 4.69) is 0 Å². The quantitative estimate of drug-likeness (QED) is 0.276. The van der Waals surface area contributed by atoms with Crippen LogP contribution < -0.4 is 83.9 Å². The van der Waals surface area contributed by atoms with Gasteiger partial charge in [0.1, 0.15) is 0 Å². The Balaban J connectivity index is 0. The van der Waals surface area contributed by atoms with Crippen LogP contribution in [0.15, 0.2) is 0 Å². The zero-order valence-corrected chi connectivity index (χ0v) is 8.27. The molecular formula is Cl2Na2. The van der Waals surface area contributed by atoms with Gasteiger partial charge in [-0.1, -0.05) is 0 Å². The molecule has 4 heavy (non-hydrogen) atoms. The molecule has 0 aromatic rings. The number of hydrogen-bond donors (Lipinski definition) is 0. The maximum atomic E-state index is 0. The molecule has 0 atom stereocenters. The standard InChI is InChI=1S/2ClH.2Na/h2*1H;;/q;;2*+1/p-2. The molecule has 0 aromatic carbocycles. The first-order valence-electron chi connectivity index (χ1n) is 0. The second-order valence-corrected chi connectivity index (χ2v) is 0. The van der Waals surface area contributed by atoms with Crippen LogP contribution in [-0.2, 0) is 0 Å². The summed E-state index contributed by atoms with van der Waals surface area (Å²) in [5, 5.41) is 0. The van der Waals surface area contributed by atoms with Crippen LogP contribution in [0.2, 0.25) is 0 Å². The van der Waals surface area contributed by atoms with E-state index < -0.39 is 0 Å². The SMILES string of the molecule is [Cl-].[Cl-].[Na+].[Na+]. The summed E-state index contributed by atoms with van der Waals surface area (Å²) in [5.74, 6) is 0. The zero-order chi connectivity index (χ0) is 0. The third-order valence-electron chi connectivity index (χ3n) is 0. The molecule has 0 radical (unpaired) electrons. The first-order valence-corrected chi connectivity index (χ1v) is 0. The summed E-state index contributed by atoms with van der Waals surface area (Å²) in [6, 6.07) is 0. The summed E-state index contributed by atoms with van der Waals surface area (Å²) in [5.41, 5.74) is 0. The van der Waals surface area contributed by atoms with E-state index in [1.807, 2.05) is 0 Å². The van der Waals surface area contributed by atoms with Gasteiger partial charge in [-0.15, -0.1) is 0 Å². The Morgan fingerprint density at radius 1 is 0.500 bits per heavy atom. The van der Waals surface area contributed by atoms with Gasteiger partial charge in [0.05, 0.1) is 0 Å². The monoisotopic (exact) mass is 116 g/mol. The van der Waals surface area contributed by atoms with Crippen LogP contribution in [0.25, 0.3) is 0 Å². The van der Waals surface area contributed by atoms with Gasteiger partial charge in [0.15, 0.2) is 0 Å². The molecule has 0 aliphatic carbocycles. The average molecular weight is 117 g/mol. The van der Waals surface area contributed by atoms with E-state index >= 15 is 0 Å². The minimum Gasteiger partial charge on any atom is -1.00 e. The largest absolute Gasteiger partial charge is 1.00 e. The first kappa shape index (κ1) is 30.8. The summed E-state index contributed by atoms with van der Waals surface area (Å²) in [6.45, 7) is 0. The molecular weight excluding hydrogens is 117 g/mol. The van der Waals surface area contributed by atoms with Gasteiger partial charge in [-0.05, 0) is 0 Å². The van der Waals surface area contributed by atoms with E-state index in [4.69, 9.17) is 0 Å². The van der Waals surface area contributed by atoms with Crippen molar-refractivity contribution in [3.05, 3.63) is 0 Å². The smallest absolute Gasteiger partial charge is 1.00 e. The van der Waals surface area contributed by atoms with Gasteiger partial charge >= 0.3 is 59.1 Å². The fourth-order valence-corrected chi connectivity index (χ4v) is 0. The van der Waals surface area contributed by atoms with Crippen LogP contribution in [0.3, 0.4) is 0 Å². The van der Waals surface area contributed by atoms with E-state index in [1.165, 1.54) is 0 Å². The molecule has 0 heterocycles. The zero-order valence-electron chi connectivity index (χ0n) is 2.76. The van der Waals surface area contributed by atoms with E-state index in [1.54, 1.807) is 0 Å². The van der Waals surface area contributed by atoms with Crippen molar-refractivity contribution in [3.63, 3.8) is 0 Å². The van der Waals surface area contributed by atoms with Crippen LogP contribution in [0.4, 0.5) is 0 Å². The second-order valence-electron chi connectivity index (χ2n) is 0. The molecule has 0 aromatic heterocycles. The molecule has 0 unspecified atom stereocenters. The fraction of sp³-hybridized carbons (Fsp3) is 0. The van der Waals surface area contributed by atoms with Crippen molar-refractivity contribution < 1.29 is 83.9 Å². The van der Waals surface area contributed by atoms with E-state index in [-0.39, 0.29) is 83.9 Å². The van der Waals surface area contributed by atoms with Crippen molar-refractivity contribution in [1.82, 2.24) is 0 Å². The summed E-state index contributed by atoms with van der Waals surface area (Å²) in [6.07, 6.45) is 0. The Hall–Kier alpha value is 2.58. The van der Waals surface area contributed by atoms with Crippen LogP contribution in [-0.4, -0.2) is 0 Å². The van der Waals surface area contributed by atoms with Gasteiger partial charge in [0, 0.05) is 0 Å². The number of halogens is 2. The average Bonchev–Trinajstić information content (AvgIpc) is 0. The van der Waals surface area contributed by atoms with Crippen molar-refractivity contribution in [2.75, 3.05) is 0 Å². The van der Waals surface area contributed by atoms with Crippen LogP contribution in [0.1, 0.15) is 0 Å². The van der Waals surface area contributed by atoms with Gasteiger partial charge in [-0.3, -0.25) is 0 Å². The summed E-state index contributed by atoms with van der Waals surface area (Å²) in [4.78, 5) is 0. The third kappa shape index (κ3) is 8.82. The fourth-order valence-electron chi connectivity index (χ4n) is 0. The third-order valence-corrected chi connectivity index (χ3v) is 0. The maximum Gasteiger partial charge on any atom is 1.00 e. The predicted molar refractivity (Wildman–Crippen MR) is 0 cm³/mol. The Kier molecular flexibility index (Phi) is 135. The Morgan fingerprint density at radius 2 is 0.500 bits per heavy atom. The summed E-state index contributed by atoms with van der Waals surface area (Å²) >= 11 is 0. The molecule has 0 spiro atoms. The van der Waals surface area contributed by atoms with E-state index in [9.17, 15) is 0 Å². The maximum absolute atomic E-state index is 0. The minimum atomic E-state index is 0. The van der Waals surface area contributed by atoms with E-state index in [0.29, 0.717) is 0 Å². The Bertz CT molecular complexity index is 4.00. The van der Waals surface area contributed by atoms with Gasteiger partial charge in [-0.25, -0.2) is 0 Å². The molecule has 0 aliphatic heterocycles. The Morgan fingerprint density at radius 3 is 0.500 bits per heavy atom. The van der Waals surface area contributed by atoms with Crippen molar-refractivity contribution >= 4 is 0 Å². The summed E-state index contributed by atoms with van der Waals surface area (Å²) in [7, 11) is 0. The molecule has 16 valence electrons. The predicted octanol–water partition coefficient (Wildman–Crippen LogP) is -12.0. The van der Waals surface area contributed by atoms with Gasteiger partial charge in [0.25, 0.3) is 0 Å². The molecule has 0 saturated heterocycles. The van der Waals surface area contributed by atoms with E-state index in [0.717, 1.165) is 0 Å². The van der Waals surface area contributed by atoms with Crippen molar-refractivity contribution in [2.45, 2.75) is 0 Å². The topological polar surface area (TPSA) is 0 Å². The van der Waals surface area contributed by atoms with Gasteiger partial charge in [0.2, 0.25) is 0 Å². The van der Waals surface area contributed by atoms with Gasteiger partial charge in [-0.2, -0.15) is 0 Å². The molecule has 0 rings (SSSR count). The van der Waals surface area contributed by atoms with Crippen LogP contribution in [0.5, 0.6) is 0 Å². The number of rotatable bonds is 0. The Labute approximate surface area is 82.5 Å². The molecule has 0 saturated carbocycles. The van der Waals surface area contributed by atoms with Crippen molar-refractivity contribution in [2.24, 2.45) is 0 Å². The number of hydrogen-bond acceptors (Lipinski definition) is 0. The summed E-state index contributed by atoms with van der Waals surface area (Å²) < 4.78 is 0. The molecule has 0 fully saturated rings. The minimum absolute atomic E-state index is 0. The van der Waals surface area contributed by atoms with Gasteiger partial charge < -0.3 is 24.8 Å². The molecule has 0 amide bonds. The van der Waals surface area contributed by atoms with Crippen molar-refractivity contribution in [3.8, 4) is 0 Å². The molecule has 0 aliphatic rings. The molecule has 0 bridgehead atoms. The first-order chi connectivity index (χ1) is 0. The van der Waals surface area contributed by atoms with Crippen LogP contribution >= 0.6 is 0 Å². The van der Waals surface area contributed by atoms with Crippen LogP contribution in [0, 0.1) is 0 Å².